The predicted molar refractivity (Wildman–Crippen MR) is 49.6 cm³/mol. The highest BCUT2D eigenvalue weighted by molar-refractivity contribution is 5.68. The molecule has 0 aromatic rings. The Hall–Kier alpha value is -0.570. The zero-order valence-electron chi connectivity index (χ0n) is 8.38. The minimum absolute atomic E-state index is 0.0132. The maximum absolute atomic E-state index is 10.5. The van der Waals surface area contributed by atoms with E-state index in [2.05, 4.69) is 13.8 Å². The van der Waals surface area contributed by atoms with Gasteiger partial charge in [-0.1, -0.05) is 13.8 Å². The third kappa shape index (κ3) is 3.77. The summed E-state index contributed by atoms with van der Waals surface area (Å²) < 4.78 is 5.46. The van der Waals surface area contributed by atoms with Crippen LogP contribution in [-0.4, -0.2) is 24.3 Å². The second kappa shape index (κ2) is 4.09. The molecule has 0 aromatic heterocycles. The van der Waals surface area contributed by atoms with Crippen LogP contribution in [0.2, 0.25) is 0 Å². The van der Waals surface area contributed by atoms with Gasteiger partial charge < -0.3 is 9.84 Å². The van der Waals surface area contributed by atoms with E-state index in [1.54, 1.807) is 0 Å². The Labute approximate surface area is 79.1 Å². The lowest BCUT2D eigenvalue weighted by Gasteiger charge is -2.13. The van der Waals surface area contributed by atoms with Gasteiger partial charge >= 0.3 is 5.97 Å². The van der Waals surface area contributed by atoms with Crippen molar-refractivity contribution in [2.45, 2.75) is 33.1 Å². The monoisotopic (exact) mass is 186 g/mol. The number of hydrogen-bond acceptors (Lipinski definition) is 2. The maximum atomic E-state index is 10.5. The highest BCUT2D eigenvalue weighted by Crippen LogP contribution is 2.48. The van der Waals surface area contributed by atoms with Crippen molar-refractivity contribution in [2.75, 3.05) is 13.2 Å². The Morgan fingerprint density at radius 1 is 1.54 bits per heavy atom. The standard InChI is InChI=1S/C10H18O3/c1-8(2)6-13-7-10(3-4-10)5-9(11)12/h8H,3-7H2,1-2H3,(H,11,12). The minimum atomic E-state index is -0.703. The van der Waals surface area contributed by atoms with Gasteiger partial charge in [0.05, 0.1) is 13.0 Å². The van der Waals surface area contributed by atoms with Gasteiger partial charge in [0.25, 0.3) is 0 Å². The normalized spacial score (nSPS) is 19.0. The first-order chi connectivity index (χ1) is 6.04. The van der Waals surface area contributed by atoms with Crippen LogP contribution in [0.15, 0.2) is 0 Å². The molecule has 76 valence electrons. The van der Waals surface area contributed by atoms with Crippen LogP contribution in [0, 0.1) is 11.3 Å². The molecule has 1 aliphatic rings. The lowest BCUT2D eigenvalue weighted by atomic mass is 10.0. The van der Waals surface area contributed by atoms with Crippen molar-refractivity contribution in [1.29, 1.82) is 0 Å². The molecule has 13 heavy (non-hydrogen) atoms. The summed E-state index contributed by atoms with van der Waals surface area (Å²) in [6.45, 7) is 5.55. The summed E-state index contributed by atoms with van der Waals surface area (Å²) in [4.78, 5) is 10.5. The molecule has 0 saturated heterocycles. The molecule has 0 amide bonds. The molecule has 0 spiro atoms. The molecule has 0 bridgehead atoms. The summed E-state index contributed by atoms with van der Waals surface area (Å²) in [5, 5.41) is 8.64. The molecule has 0 aromatic carbocycles. The number of carboxylic acids is 1. The third-order valence-corrected chi connectivity index (χ3v) is 2.34. The van der Waals surface area contributed by atoms with E-state index in [1.165, 1.54) is 0 Å². The summed E-state index contributed by atoms with van der Waals surface area (Å²) in [7, 11) is 0. The lowest BCUT2D eigenvalue weighted by Crippen LogP contribution is -2.17. The largest absolute Gasteiger partial charge is 0.481 e. The van der Waals surface area contributed by atoms with Crippen molar-refractivity contribution in [1.82, 2.24) is 0 Å². The Morgan fingerprint density at radius 2 is 2.15 bits per heavy atom. The summed E-state index contributed by atoms with van der Waals surface area (Å²) in [5.41, 5.74) is -0.0132. The van der Waals surface area contributed by atoms with Gasteiger partial charge in [0.2, 0.25) is 0 Å². The molecule has 1 N–H and O–H groups in total. The van der Waals surface area contributed by atoms with Crippen molar-refractivity contribution in [3.63, 3.8) is 0 Å². The first-order valence-corrected chi connectivity index (χ1v) is 4.84. The molecule has 1 saturated carbocycles. The maximum Gasteiger partial charge on any atom is 0.303 e. The van der Waals surface area contributed by atoms with Gasteiger partial charge in [-0.25, -0.2) is 0 Å². The second-order valence-electron chi connectivity index (χ2n) is 4.48. The zero-order valence-corrected chi connectivity index (χ0v) is 8.38. The van der Waals surface area contributed by atoms with Gasteiger partial charge in [-0.15, -0.1) is 0 Å². The Balaban J connectivity index is 2.16. The highest BCUT2D eigenvalue weighted by atomic mass is 16.5. The van der Waals surface area contributed by atoms with Gasteiger partial charge in [-0.05, 0) is 18.8 Å². The quantitative estimate of drug-likeness (QED) is 0.689. The van der Waals surface area contributed by atoms with Crippen molar-refractivity contribution in [3.05, 3.63) is 0 Å². The summed E-state index contributed by atoms with van der Waals surface area (Å²) in [6, 6.07) is 0. The van der Waals surface area contributed by atoms with Crippen LogP contribution in [0.25, 0.3) is 0 Å². The molecule has 0 radical (unpaired) electrons. The van der Waals surface area contributed by atoms with E-state index in [-0.39, 0.29) is 11.8 Å². The van der Waals surface area contributed by atoms with Crippen LogP contribution in [0.3, 0.4) is 0 Å². The molecule has 1 rings (SSSR count). The summed E-state index contributed by atoms with van der Waals surface area (Å²) >= 11 is 0. The van der Waals surface area contributed by atoms with Crippen LogP contribution in [0.5, 0.6) is 0 Å². The van der Waals surface area contributed by atoms with Crippen LogP contribution in [-0.2, 0) is 9.53 Å². The topological polar surface area (TPSA) is 46.5 Å². The second-order valence-corrected chi connectivity index (χ2v) is 4.48. The minimum Gasteiger partial charge on any atom is -0.481 e. The van der Waals surface area contributed by atoms with Gasteiger partial charge in [-0.2, -0.15) is 0 Å². The first-order valence-electron chi connectivity index (χ1n) is 4.84. The number of aliphatic carboxylic acids is 1. The Morgan fingerprint density at radius 3 is 2.54 bits per heavy atom. The first kappa shape index (κ1) is 10.5. The van der Waals surface area contributed by atoms with E-state index in [9.17, 15) is 4.79 Å². The van der Waals surface area contributed by atoms with Gasteiger partial charge in [-0.3, -0.25) is 4.79 Å². The SMILES string of the molecule is CC(C)COCC1(CC(=O)O)CC1. The molecule has 3 heteroatoms. The smallest absolute Gasteiger partial charge is 0.303 e. The van der Waals surface area contributed by atoms with Crippen molar-refractivity contribution < 1.29 is 14.6 Å². The van der Waals surface area contributed by atoms with E-state index < -0.39 is 5.97 Å². The number of carboxylic acid groups (broad SMARTS) is 1. The summed E-state index contributed by atoms with van der Waals surface area (Å²) in [6.07, 6.45) is 2.29. The molecule has 0 heterocycles. The van der Waals surface area contributed by atoms with E-state index in [0.717, 1.165) is 19.4 Å². The predicted octanol–water partition coefficient (Wildman–Crippen LogP) is 1.91. The summed E-state index contributed by atoms with van der Waals surface area (Å²) in [5.74, 6) is -0.175. The fraction of sp³-hybridized carbons (Fsp3) is 0.900. The van der Waals surface area contributed by atoms with E-state index in [1.807, 2.05) is 0 Å². The van der Waals surface area contributed by atoms with Crippen LogP contribution < -0.4 is 0 Å². The van der Waals surface area contributed by atoms with Crippen LogP contribution in [0.1, 0.15) is 33.1 Å². The molecular formula is C10H18O3. The zero-order chi connectivity index (χ0) is 9.90. The van der Waals surface area contributed by atoms with E-state index in [4.69, 9.17) is 9.84 Å². The number of carbonyl (C=O) groups is 1. The molecule has 1 fully saturated rings. The molecule has 3 nitrogen and oxygen atoms in total. The van der Waals surface area contributed by atoms with E-state index >= 15 is 0 Å². The average molecular weight is 186 g/mol. The van der Waals surface area contributed by atoms with Gasteiger partial charge in [0.15, 0.2) is 0 Å². The van der Waals surface area contributed by atoms with Gasteiger partial charge in [0.1, 0.15) is 0 Å². The average Bonchev–Trinajstić information content (AvgIpc) is 2.66. The number of hydrogen-bond donors (Lipinski definition) is 1. The molecule has 0 aliphatic heterocycles. The van der Waals surface area contributed by atoms with Crippen LogP contribution >= 0.6 is 0 Å². The molecular weight excluding hydrogens is 168 g/mol. The third-order valence-electron chi connectivity index (χ3n) is 2.34. The number of ether oxygens (including phenoxy) is 1. The van der Waals surface area contributed by atoms with Crippen LogP contribution in [0.4, 0.5) is 0 Å². The fourth-order valence-electron chi connectivity index (χ4n) is 1.38. The molecule has 0 atom stereocenters. The van der Waals surface area contributed by atoms with Crippen molar-refractivity contribution >= 4 is 5.97 Å². The molecule has 1 aliphatic carbocycles. The highest BCUT2D eigenvalue weighted by Gasteiger charge is 2.44. The number of rotatable bonds is 6. The van der Waals surface area contributed by atoms with Crippen molar-refractivity contribution in [2.24, 2.45) is 11.3 Å². The fourth-order valence-corrected chi connectivity index (χ4v) is 1.38. The lowest BCUT2D eigenvalue weighted by molar-refractivity contribution is -0.139. The van der Waals surface area contributed by atoms with Crippen molar-refractivity contribution in [3.8, 4) is 0 Å². The Kier molecular flexibility index (Phi) is 3.31. The Bertz CT molecular complexity index is 183. The molecule has 0 unspecified atom stereocenters. The van der Waals surface area contributed by atoms with Gasteiger partial charge in [0, 0.05) is 12.0 Å². The van der Waals surface area contributed by atoms with E-state index in [0.29, 0.717) is 12.5 Å².